The van der Waals surface area contributed by atoms with Gasteiger partial charge in [-0.1, -0.05) is 59.3 Å². The van der Waals surface area contributed by atoms with Gasteiger partial charge in [0.15, 0.2) is 0 Å². The van der Waals surface area contributed by atoms with Crippen LogP contribution in [0.3, 0.4) is 0 Å². The summed E-state index contributed by atoms with van der Waals surface area (Å²) < 4.78 is 0. The van der Waals surface area contributed by atoms with Crippen LogP contribution in [0.15, 0.2) is 18.2 Å². The van der Waals surface area contributed by atoms with E-state index in [0.29, 0.717) is 23.0 Å². The standard InChI is InChI=1S/C31H47N3O3/c1-31(2,3)24-16-14-23(15-17-24)30(37)34-27-19-25(32-28(35)21-10-6-4-7-11-21)18-26(20-27)33-29(36)22-12-8-5-9-13-22/h18-24H,4-17H2,1-3H3,(H,32,35)(H,33,36)(H,34,37)/t23-,24-. The highest BCUT2D eigenvalue weighted by Gasteiger charge is 2.32. The van der Waals surface area contributed by atoms with Crippen molar-refractivity contribution in [3.8, 4) is 0 Å². The number of hydrogen-bond donors (Lipinski definition) is 3. The van der Waals surface area contributed by atoms with Crippen LogP contribution in [-0.2, 0) is 14.4 Å². The number of rotatable bonds is 6. The lowest BCUT2D eigenvalue weighted by atomic mass is 9.69. The van der Waals surface area contributed by atoms with Crippen LogP contribution in [0, 0.1) is 29.1 Å². The van der Waals surface area contributed by atoms with Crippen LogP contribution < -0.4 is 16.0 Å². The summed E-state index contributed by atoms with van der Waals surface area (Å²) in [5, 5.41) is 9.27. The Kier molecular flexibility index (Phi) is 9.31. The summed E-state index contributed by atoms with van der Waals surface area (Å²) in [5.41, 5.74) is 2.16. The van der Waals surface area contributed by atoms with Crippen molar-refractivity contribution in [2.45, 2.75) is 111 Å². The molecule has 37 heavy (non-hydrogen) atoms. The Morgan fingerprint density at radius 3 is 1.19 bits per heavy atom. The van der Waals surface area contributed by atoms with Crippen LogP contribution in [0.4, 0.5) is 17.1 Å². The summed E-state index contributed by atoms with van der Waals surface area (Å²) in [6, 6.07) is 5.48. The average Bonchev–Trinajstić information content (AvgIpc) is 2.89. The third-order valence-electron chi connectivity index (χ3n) is 9.01. The van der Waals surface area contributed by atoms with Crippen molar-refractivity contribution in [2.24, 2.45) is 29.1 Å². The predicted molar refractivity (Wildman–Crippen MR) is 150 cm³/mol. The van der Waals surface area contributed by atoms with E-state index in [4.69, 9.17) is 0 Å². The first kappa shape index (κ1) is 27.7. The summed E-state index contributed by atoms with van der Waals surface area (Å²) in [4.78, 5) is 39.1. The highest BCUT2D eigenvalue weighted by Crippen LogP contribution is 2.40. The zero-order valence-electron chi connectivity index (χ0n) is 23.2. The smallest absolute Gasteiger partial charge is 0.227 e. The summed E-state index contributed by atoms with van der Waals surface area (Å²) in [6.45, 7) is 6.86. The largest absolute Gasteiger partial charge is 0.326 e. The quantitative estimate of drug-likeness (QED) is 0.371. The molecule has 4 rings (SSSR count). The number of amides is 3. The fourth-order valence-electron chi connectivity index (χ4n) is 6.53. The average molecular weight is 510 g/mol. The summed E-state index contributed by atoms with van der Waals surface area (Å²) >= 11 is 0. The van der Waals surface area contributed by atoms with Crippen molar-refractivity contribution < 1.29 is 14.4 Å². The molecule has 0 bridgehead atoms. The molecule has 1 aromatic rings. The fourth-order valence-corrected chi connectivity index (χ4v) is 6.53. The van der Waals surface area contributed by atoms with E-state index in [1.54, 1.807) is 0 Å². The monoisotopic (exact) mass is 509 g/mol. The molecule has 0 spiro atoms. The molecule has 3 fully saturated rings. The van der Waals surface area contributed by atoms with E-state index in [0.717, 1.165) is 77.0 Å². The predicted octanol–water partition coefficient (Wildman–Crippen LogP) is 7.52. The molecule has 3 saturated carbocycles. The normalized spacial score (nSPS) is 23.8. The highest BCUT2D eigenvalue weighted by atomic mass is 16.2. The Balaban J connectivity index is 1.46. The minimum Gasteiger partial charge on any atom is -0.326 e. The van der Waals surface area contributed by atoms with Gasteiger partial charge in [0.1, 0.15) is 0 Å². The zero-order valence-corrected chi connectivity index (χ0v) is 23.2. The van der Waals surface area contributed by atoms with Gasteiger partial charge in [-0.2, -0.15) is 0 Å². The number of carbonyl (C=O) groups is 3. The highest BCUT2D eigenvalue weighted by molar-refractivity contribution is 5.99. The van der Waals surface area contributed by atoms with Gasteiger partial charge in [0, 0.05) is 34.8 Å². The maximum atomic E-state index is 13.2. The third-order valence-corrected chi connectivity index (χ3v) is 9.01. The summed E-state index contributed by atoms with van der Waals surface area (Å²) in [5.74, 6) is 0.820. The molecule has 0 aromatic heterocycles. The number of carbonyl (C=O) groups excluding carboxylic acids is 3. The lowest BCUT2D eigenvalue weighted by Gasteiger charge is -2.36. The molecule has 3 N–H and O–H groups in total. The number of nitrogens with one attached hydrogen (secondary N) is 3. The molecule has 0 radical (unpaired) electrons. The van der Waals surface area contributed by atoms with E-state index >= 15 is 0 Å². The van der Waals surface area contributed by atoms with Crippen molar-refractivity contribution in [1.82, 2.24) is 0 Å². The molecular weight excluding hydrogens is 462 g/mol. The second-order valence-corrected chi connectivity index (χ2v) is 12.9. The molecule has 1 aromatic carbocycles. The molecule has 3 aliphatic carbocycles. The molecule has 0 unspecified atom stereocenters. The van der Waals surface area contributed by atoms with Crippen LogP contribution >= 0.6 is 0 Å². The summed E-state index contributed by atoms with van der Waals surface area (Å²) in [6.07, 6.45) is 14.4. The maximum Gasteiger partial charge on any atom is 0.227 e. The van der Waals surface area contributed by atoms with Crippen molar-refractivity contribution in [3.63, 3.8) is 0 Å². The van der Waals surface area contributed by atoms with Crippen LogP contribution in [0.1, 0.15) is 111 Å². The summed E-state index contributed by atoms with van der Waals surface area (Å²) in [7, 11) is 0. The van der Waals surface area contributed by atoms with E-state index in [1.807, 2.05) is 18.2 Å². The number of hydrogen-bond acceptors (Lipinski definition) is 3. The van der Waals surface area contributed by atoms with E-state index in [1.165, 1.54) is 12.8 Å². The van der Waals surface area contributed by atoms with Gasteiger partial charge in [0.25, 0.3) is 0 Å². The molecule has 0 heterocycles. The van der Waals surface area contributed by atoms with Crippen molar-refractivity contribution in [3.05, 3.63) is 18.2 Å². The van der Waals surface area contributed by atoms with Crippen LogP contribution in [0.5, 0.6) is 0 Å². The van der Waals surface area contributed by atoms with Gasteiger partial charge < -0.3 is 16.0 Å². The second kappa shape index (κ2) is 12.4. The topological polar surface area (TPSA) is 87.3 Å². The molecule has 204 valence electrons. The fraction of sp³-hybridized carbons (Fsp3) is 0.710. The van der Waals surface area contributed by atoms with Crippen molar-refractivity contribution in [1.29, 1.82) is 0 Å². The molecular formula is C31H47N3O3. The zero-order chi connectivity index (χ0) is 26.4. The molecule has 3 amide bonds. The Morgan fingerprint density at radius 2 is 0.865 bits per heavy atom. The van der Waals surface area contributed by atoms with Gasteiger partial charge in [-0.25, -0.2) is 0 Å². The van der Waals surface area contributed by atoms with Crippen molar-refractivity contribution in [2.75, 3.05) is 16.0 Å². The van der Waals surface area contributed by atoms with E-state index in [2.05, 4.69) is 36.7 Å². The lowest BCUT2D eigenvalue weighted by molar-refractivity contribution is -0.121. The molecule has 6 nitrogen and oxygen atoms in total. The van der Waals surface area contributed by atoms with Gasteiger partial charge >= 0.3 is 0 Å². The molecule has 0 atom stereocenters. The minimum absolute atomic E-state index is 0.000587. The van der Waals surface area contributed by atoms with Gasteiger partial charge in [-0.15, -0.1) is 0 Å². The first-order valence-electron chi connectivity index (χ1n) is 14.8. The Hall–Kier alpha value is -2.37. The molecule has 6 heteroatoms. The van der Waals surface area contributed by atoms with Crippen molar-refractivity contribution >= 4 is 34.8 Å². The Bertz CT molecular complexity index is 897. The van der Waals surface area contributed by atoms with E-state index < -0.39 is 0 Å². The first-order valence-corrected chi connectivity index (χ1v) is 14.8. The number of anilines is 3. The van der Waals surface area contributed by atoms with E-state index in [-0.39, 0.29) is 40.9 Å². The first-order chi connectivity index (χ1) is 17.7. The SMILES string of the molecule is CC(C)(C)[C@H]1CC[C@H](C(=O)Nc2cc(NC(=O)C3CCCCC3)cc(NC(=O)C3CCCCC3)c2)CC1. The van der Waals surface area contributed by atoms with Gasteiger partial charge in [0.2, 0.25) is 17.7 Å². The molecule has 0 aliphatic heterocycles. The van der Waals surface area contributed by atoms with Crippen LogP contribution in [0.25, 0.3) is 0 Å². The maximum absolute atomic E-state index is 13.2. The van der Waals surface area contributed by atoms with Crippen LogP contribution in [-0.4, -0.2) is 17.7 Å². The van der Waals surface area contributed by atoms with Gasteiger partial charge in [0.05, 0.1) is 0 Å². The molecule has 3 aliphatic rings. The lowest BCUT2D eigenvalue weighted by Crippen LogP contribution is -2.31. The van der Waals surface area contributed by atoms with Crippen LogP contribution in [0.2, 0.25) is 0 Å². The molecule has 0 saturated heterocycles. The van der Waals surface area contributed by atoms with E-state index in [9.17, 15) is 14.4 Å². The Labute approximate surface area is 223 Å². The van der Waals surface area contributed by atoms with Gasteiger partial charge in [-0.05, 0) is 80.9 Å². The minimum atomic E-state index is -0.000587. The second-order valence-electron chi connectivity index (χ2n) is 12.9. The number of benzene rings is 1. The Morgan fingerprint density at radius 1 is 0.541 bits per heavy atom. The third kappa shape index (κ3) is 7.81. The van der Waals surface area contributed by atoms with Gasteiger partial charge in [-0.3, -0.25) is 14.4 Å².